The standard InChI is InChI=1S/C36H34F2N6O2/c1-4-23-25(37)11-9-21-7-5-8-24(27(21)23)30-29(38)31-28-33(42-35(41-31)45-18-36-13-6-14-43(36)16-19(2)15-36)44-17-22-10-12-26(39-22)32(44)20(3)46-34(28)40-30/h1,5,7-9,11,20,22,26,32,39H,2,6,10,12-18H2,3H3/t20-,22+,26-,32+,36-/m0/s1. The van der Waals surface area contributed by atoms with E-state index in [1.54, 1.807) is 18.2 Å². The van der Waals surface area contributed by atoms with Gasteiger partial charge >= 0.3 is 6.01 Å². The SMILES string of the molecule is C#Cc1c(F)ccc2cccc(-c3nc4c5c(nc(OC[C@@]67CCCN6CC(=C)C7)nc5c3F)N3C[C@H]5CC[C@H](N5)[C@H]3[C@H](C)O4)c12. The Hall–Kier alpha value is -4.33. The van der Waals surface area contributed by atoms with Crippen LogP contribution in [0.4, 0.5) is 14.6 Å². The van der Waals surface area contributed by atoms with Crippen LogP contribution in [0.5, 0.6) is 11.9 Å². The molecule has 9 rings (SSSR count). The number of pyridine rings is 1. The Labute approximate surface area is 265 Å². The topological polar surface area (TPSA) is 75.6 Å². The lowest BCUT2D eigenvalue weighted by Gasteiger charge is -2.42. The Balaban J connectivity index is 1.25. The number of nitrogens with one attached hydrogen (secondary N) is 1. The molecule has 4 fully saturated rings. The van der Waals surface area contributed by atoms with E-state index >= 15 is 4.39 Å². The lowest BCUT2D eigenvalue weighted by molar-refractivity contribution is 0.108. The van der Waals surface area contributed by atoms with Gasteiger partial charge in [0.15, 0.2) is 5.82 Å². The highest BCUT2D eigenvalue weighted by Crippen LogP contribution is 2.46. The first-order valence-corrected chi connectivity index (χ1v) is 16.2. The van der Waals surface area contributed by atoms with Crippen molar-refractivity contribution in [1.82, 2.24) is 25.2 Å². The van der Waals surface area contributed by atoms with E-state index in [1.165, 1.54) is 11.6 Å². The Morgan fingerprint density at radius 2 is 2.07 bits per heavy atom. The molecule has 7 heterocycles. The summed E-state index contributed by atoms with van der Waals surface area (Å²) < 4.78 is 45.1. The molecule has 10 heteroatoms. The van der Waals surface area contributed by atoms with Crippen molar-refractivity contribution in [2.24, 2.45) is 0 Å². The number of fused-ring (bicyclic) bond motifs is 7. The van der Waals surface area contributed by atoms with E-state index in [1.807, 2.05) is 13.0 Å². The minimum absolute atomic E-state index is 0.00910. The van der Waals surface area contributed by atoms with Gasteiger partial charge in [0, 0.05) is 36.1 Å². The van der Waals surface area contributed by atoms with Crippen LogP contribution < -0.4 is 19.7 Å². The molecule has 0 saturated carbocycles. The first kappa shape index (κ1) is 27.9. The van der Waals surface area contributed by atoms with E-state index in [-0.39, 0.29) is 52.4 Å². The van der Waals surface area contributed by atoms with Crippen LogP contribution in [0.2, 0.25) is 0 Å². The van der Waals surface area contributed by atoms with Gasteiger partial charge in [0.25, 0.3) is 0 Å². The molecule has 4 saturated heterocycles. The molecule has 2 aromatic heterocycles. The fraction of sp³-hybridized carbons (Fsp3) is 0.417. The van der Waals surface area contributed by atoms with Crippen LogP contribution in [0.3, 0.4) is 0 Å². The van der Waals surface area contributed by atoms with E-state index in [4.69, 9.17) is 30.8 Å². The Morgan fingerprint density at radius 3 is 2.93 bits per heavy atom. The summed E-state index contributed by atoms with van der Waals surface area (Å²) in [4.78, 5) is 19.2. The maximum atomic E-state index is 17.1. The molecule has 2 aromatic carbocycles. The number of halogens is 2. The van der Waals surface area contributed by atoms with Crippen molar-refractivity contribution in [2.75, 3.05) is 31.1 Å². The van der Waals surface area contributed by atoms with Gasteiger partial charge in [-0.05, 0) is 57.0 Å². The first-order valence-electron chi connectivity index (χ1n) is 16.2. The molecule has 5 aliphatic rings. The van der Waals surface area contributed by atoms with Gasteiger partial charge in [-0.1, -0.05) is 42.3 Å². The molecule has 1 N–H and O–H groups in total. The summed E-state index contributed by atoms with van der Waals surface area (Å²) in [6.07, 6.45) is 10.5. The number of nitrogens with zero attached hydrogens (tertiary/aromatic N) is 5. The smallest absolute Gasteiger partial charge is 0.319 e. The number of hydrogen-bond donors (Lipinski definition) is 1. The molecule has 0 aliphatic carbocycles. The van der Waals surface area contributed by atoms with Gasteiger partial charge in [0.05, 0.1) is 17.1 Å². The van der Waals surface area contributed by atoms with Gasteiger partial charge in [0.1, 0.15) is 40.9 Å². The van der Waals surface area contributed by atoms with Crippen molar-refractivity contribution >= 4 is 27.5 Å². The zero-order valence-corrected chi connectivity index (χ0v) is 25.7. The zero-order valence-electron chi connectivity index (χ0n) is 25.7. The quantitative estimate of drug-likeness (QED) is 0.241. The van der Waals surface area contributed by atoms with Crippen molar-refractivity contribution in [3.05, 3.63) is 59.7 Å². The van der Waals surface area contributed by atoms with E-state index in [2.05, 4.69) is 27.6 Å². The number of rotatable bonds is 4. The second-order valence-electron chi connectivity index (χ2n) is 13.6. The first-order chi connectivity index (χ1) is 22.3. The van der Waals surface area contributed by atoms with Gasteiger partial charge in [-0.25, -0.2) is 13.8 Å². The molecule has 5 aliphatic heterocycles. The maximum absolute atomic E-state index is 17.1. The van der Waals surface area contributed by atoms with E-state index < -0.39 is 11.6 Å². The molecule has 2 bridgehead atoms. The Morgan fingerprint density at radius 1 is 1.17 bits per heavy atom. The largest absolute Gasteiger partial charge is 0.472 e. The molecule has 46 heavy (non-hydrogen) atoms. The van der Waals surface area contributed by atoms with Crippen molar-refractivity contribution in [1.29, 1.82) is 0 Å². The lowest BCUT2D eigenvalue weighted by atomic mass is 9.94. The zero-order chi connectivity index (χ0) is 31.3. The molecular weight excluding hydrogens is 586 g/mol. The Bertz CT molecular complexity index is 2010. The van der Waals surface area contributed by atoms with Crippen LogP contribution in [0.15, 0.2) is 42.5 Å². The number of benzene rings is 2. The van der Waals surface area contributed by atoms with Crippen molar-refractivity contribution in [3.63, 3.8) is 0 Å². The van der Waals surface area contributed by atoms with Crippen LogP contribution in [0.25, 0.3) is 32.9 Å². The van der Waals surface area contributed by atoms with Gasteiger partial charge in [-0.3, -0.25) is 4.90 Å². The van der Waals surface area contributed by atoms with E-state index in [9.17, 15) is 4.39 Å². The summed E-state index contributed by atoms with van der Waals surface area (Å²) in [5.74, 6) is 2.07. The van der Waals surface area contributed by atoms with Gasteiger partial charge in [-0.2, -0.15) is 9.97 Å². The van der Waals surface area contributed by atoms with Crippen LogP contribution in [-0.4, -0.2) is 75.9 Å². The van der Waals surface area contributed by atoms with Crippen molar-refractivity contribution in [2.45, 2.75) is 68.8 Å². The normalized spacial score (nSPS) is 28.2. The second kappa shape index (κ2) is 10.1. The molecule has 4 aromatic rings. The fourth-order valence-corrected chi connectivity index (χ4v) is 8.87. The monoisotopic (exact) mass is 620 g/mol. The number of terminal acetylenes is 1. The predicted molar refractivity (Wildman–Crippen MR) is 172 cm³/mol. The third-order valence-electron chi connectivity index (χ3n) is 10.8. The number of anilines is 1. The van der Waals surface area contributed by atoms with Crippen LogP contribution in [0, 0.1) is 24.0 Å². The van der Waals surface area contributed by atoms with E-state index in [0.717, 1.165) is 45.2 Å². The van der Waals surface area contributed by atoms with Gasteiger partial charge < -0.3 is 19.7 Å². The average molecular weight is 621 g/mol. The van der Waals surface area contributed by atoms with Crippen LogP contribution >= 0.6 is 0 Å². The molecule has 0 unspecified atom stereocenters. The summed E-state index contributed by atoms with van der Waals surface area (Å²) in [5.41, 5.74) is 1.52. The molecule has 234 valence electrons. The lowest BCUT2D eigenvalue weighted by Crippen LogP contribution is -2.62. The Kier molecular flexibility index (Phi) is 6.12. The number of piperazine rings is 1. The van der Waals surface area contributed by atoms with Crippen LogP contribution in [0.1, 0.15) is 44.6 Å². The minimum atomic E-state index is -0.658. The molecule has 8 nitrogen and oxygen atoms in total. The maximum Gasteiger partial charge on any atom is 0.319 e. The summed E-state index contributed by atoms with van der Waals surface area (Å²) in [5, 5.41) is 5.25. The molecule has 0 radical (unpaired) electrons. The van der Waals surface area contributed by atoms with Crippen LogP contribution in [-0.2, 0) is 0 Å². The molecule has 0 amide bonds. The molecule has 0 spiro atoms. The fourth-order valence-electron chi connectivity index (χ4n) is 8.87. The van der Waals surface area contributed by atoms with Crippen molar-refractivity contribution in [3.8, 4) is 35.5 Å². The highest BCUT2D eigenvalue weighted by atomic mass is 19.1. The molecular formula is C36H34F2N6O2. The summed E-state index contributed by atoms with van der Waals surface area (Å²) in [7, 11) is 0. The summed E-state index contributed by atoms with van der Waals surface area (Å²) >= 11 is 0. The van der Waals surface area contributed by atoms with Gasteiger partial charge in [0.2, 0.25) is 5.88 Å². The number of hydrogen-bond acceptors (Lipinski definition) is 8. The minimum Gasteiger partial charge on any atom is -0.472 e. The highest BCUT2D eigenvalue weighted by Gasteiger charge is 2.48. The summed E-state index contributed by atoms with van der Waals surface area (Å²) in [6, 6.07) is 8.84. The second-order valence-corrected chi connectivity index (χ2v) is 13.6. The average Bonchev–Trinajstić information content (AvgIpc) is 3.69. The number of ether oxygens (including phenoxy) is 2. The third kappa shape index (κ3) is 4.01. The van der Waals surface area contributed by atoms with Gasteiger partial charge in [-0.15, -0.1) is 6.42 Å². The van der Waals surface area contributed by atoms with E-state index in [0.29, 0.717) is 46.7 Å². The summed E-state index contributed by atoms with van der Waals surface area (Å²) in [6.45, 7) is 9.24. The molecule has 5 atom stereocenters. The number of aromatic nitrogens is 3. The highest BCUT2D eigenvalue weighted by molar-refractivity contribution is 6.03. The van der Waals surface area contributed by atoms with Crippen molar-refractivity contribution < 1.29 is 18.3 Å². The predicted octanol–water partition coefficient (Wildman–Crippen LogP) is 5.37. The third-order valence-corrected chi connectivity index (χ3v) is 10.8.